The largest absolute Gasteiger partial charge is 0.508 e. The van der Waals surface area contributed by atoms with Crippen LogP contribution in [-0.4, -0.2) is 23.6 Å². The molecule has 0 aliphatic carbocycles. The lowest BCUT2D eigenvalue weighted by atomic mass is 9.99. The van der Waals surface area contributed by atoms with Crippen LogP contribution in [0.3, 0.4) is 0 Å². The van der Waals surface area contributed by atoms with Gasteiger partial charge in [-0.05, 0) is 35.7 Å². The number of phenols is 1. The minimum Gasteiger partial charge on any atom is -0.508 e. The average molecular weight is 282 g/mol. The topological polar surface area (TPSA) is 61.4 Å². The van der Waals surface area contributed by atoms with Gasteiger partial charge < -0.3 is 15.7 Å². The van der Waals surface area contributed by atoms with E-state index in [1.54, 1.807) is 18.2 Å². The van der Waals surface area contributed by atoms with Crippen LogP contribution in [0, 0.1) is 0 Å². The first-order valence-corrected chi connectivity index (χ1v) is 7.10. The molecule has 1 heterocycles. The van der Waals surface area contributed by atoms with Gasteiger partial charge in [-0.1, -0.05) is 30.3 Å². The number of hydrogen-bond acceptors (Lipinski definition) is 3. The highest BCUT2D eigenvalue weighted by molar-refractivity contribution is 5.79. The Balaban J connectivity index is 1.59. The fourth-order valence-electron chi connectivity index (χ4n) is 2.67. The standard InChI is InChI=1S/C17H18N2O2/c20-15-6-3-4-12(8-15)9-17(21)19-14-10-13-5-1-2-7-16(13)18-11-14/h1-8,14,18,20H,9-11H2,(H,19,21). The van der Waals surface area contributed by atoms with Gasteiger partial charge in [0.15, 0.2) is 0 Å². The minimum atomic E-state index is -0.0215. The summed E-state index contributed by atoms with van der Waals surface area (Å²) < 4.78 is 0. The molecule has 3 N–H and O–H groups in total. The maximum Gasteiger partial charge on any atom is 0.224 e. The smallest absolute Gasteiger partial charge is 0.224 e. The molecule has 0 aromatic heterocycles. The van der Waals surface area contributed by atoms with E-state index in [0.29, 0.717) is 0 Å². The van der Waals surface area contributed by atoms with Gasteiger partial charge in [0.05, 0.1) is 12.5 Å². The number of hydrogen-bond donors (Lipinski definition) is 3. The number of rotatable bonds is 3. The maximum absolute atomic E-state index is 12.1. The van der Waals surface area contributed by atoms with Gasteiger partial charge in [-0.3, -0.25) is 4.79 Å². The summed E-state index contributed by atoms with van der Waals surface area (Å²) in [4.78, 5) is 12.1. The number of carbonyl (C=O) groups excluding carboxylic acids is 1. The first-order valence-electron chi connectivity index (χ1n) is 7.10. The maximum atomic E-state index is 12.1. The second kappa shape index (κ2) is 5.87. The molecule has 0 saturated heterocycles. The zero-order valence-electron chi connectivity index (χ0n) is 11.7. The van der Waals surface area contributed by atoms with Crippen molar-refractivity contribution < 1.29 is 9.90 Å². The lowest BCUT2D eigenvalue weighted by molar-refractivity contribution is -0.121. The van der Waals surface area contributed by atoms with Crippen LogP contribution in [0.4, 0.5) is 5.69 Å². The molecule has 4 heteroatoms. The predicted molar refractivity (Wildman–Crippen MR) is 82.4 cm³/mol. The van der Waals surface area contributed by atoms with Crippen LogP contribution in [0.5, 0.6) is 5.75 Å². The zero-order valence-corrected chi connectivity index (χ0v) is 11.7. The van der Waals surface area contributed by atoms with Crippen LogP contribution in [0.25, 0.3) is 0 Å². The van der Waals surface area contributed by atoms with E-state index in [9.17, 15) is 9.90 Å². The Morgan fingerprint density at radius 2 is 2.10 bits per heavy atom. The summed E-state index contributed by atoms with van der Waals surface area (Å²) in [5, 5.41) is 15.8. The molecule has 0 fully saturated rings. The van der Waals surface area contributed by atoms with Gasteiger partial charge in [0.1, 0.15) is 5.75 Å². The van der Waals surface area contributed by atoms with Crippen LogP contribution in [0.2, 0.25) is 0 Å². The summed E-state index contributed by atoms with van der Waals surface area (Å²) in [5.41, 5.74) is 3.19. The van der Waals surface area contributed by atoms with Gasteiger partial charge >= 0.3 is 0 Å². The summed E-state index contributed by atoms with van der Waals surface area (Å²) >= 11 is 0. The molecule has 0 saturated carbocycles. The summed E-state index contributed by atoms with van der Waals surface area (Å²) in [6.45, 7) is 0.739. The SMILES string of the molecule is O=C(Cc1cccc(O)c1)NC1CNc2ccccc2C1. The summed E-state index contributed by atoms with van der Waals surface area (Å²) in [7, 11) is 0. The molecular formula is C17H18N2O2. The Hall–Kier alpha value is -2.49. The lowest BCUT2D eigenvalue weighted by Gasteiger charge is -2.27. The van der Waals surface area contributed by atoms with E-state index < -0.39 is 0 Å². The highest BCUT2D eigenvalue weighted by Crippen LogP contribution is 2.21. The second-order valence-corrected chi connectivity index (χ2v) is 5.35. The molecule has 2 aromatic carbocycles. The predicted octanol–water partition coefficient (Wildman–Crippen LogP) is 2.09. The van der Waals surface area contributed by atoms with Crippen molar-refractivity contribution in [2.45, 2.75) is 18.9 Å². The molecule has 0 radical (unpaired) electrons. The van der Waals surface area contributed by atoms with Gasteiger partial charge in [-0.15, -0.1) is 0 Å². The Morgan fingerprint density at radius 1 is 1.24 bits per heavy atom. The molecular weight excluding hydrogens is 264 g/mol. The number of anilines is 1. The van der Waals surface area contributed by atoms with Crippen molar-refractivity contribution in [3.8, 4) is 5.75 Å². The number of nitrogens with one attached hydrogen (secondary N) is 2. The van der Waals surface area contributed by atoms with Crippen LogP contribution >= 0.6 is 0 Å². The Kier molecular flexibility index (Phi) is 3.77. The molecule has 1 aliphatic rings. The van der Waals surface area contributed by atoms with E-state index in [1.807, 2.05) is 18.2 Å². The van der Waals surface area contributed by atoms with Gasteiger partial charge in [0, 0.05) is 12.2 Å². The van der Waals surface area contributed by atoms with Crippen molar-refractivity contribution in [2.24, 2.45) is 0 Å². The molecule has 1 atom stereocenters. The van der Waals surface area contributed by atoms with E-state index in [1.165, 1.54) is 5.56 Å². The summed E-state index contributed by atoms with van der Waals surface area (Å²) in [6.07, 6.45) is 1.13. The fourth-order valence-corrected chi connectivity index (χ4v) is 2.67. The highest BCUT2D eigenvalue weighted by Gasteiger charge is 2.19. The Morgan fingerprint density at radius 3 is 2.95 bits per heavy atom. The molecule has 108 valence electrons. The van der Waals surface area contributed by atoms with Crippen molar-refractivity contribution in [1.29, 1.82) is 0 Å². The molecule has 0 bridgehead atoms. The van der Waals surface area contributed by atoms with E-state index in [-0.39, 0.29) is 24.1 Å². The molecule has 1 amide bonds. The molecule has 1 aliphatic heterocycles. The fraction of sp³-hybridized carbons (Fsp3) is 0.235. The molecule has 3 rings (SSSR count). The van der Waals surface area contributed by atoms with E-state index in [0.717, 1.165) is 24.2 Å². The average Bonchev–Trinajstić information content (AvgIpc) is 2.47. The Labute approximate surface area is 123 Å². The van der Waals surface area contributed by atoms with E-state index in [2.05, 4.69) is 22.8 Å². The van der Waals surface area contributed by atoms with Crippen LogP contribution < -0.4 is 10.6 Å². The number of aromatic hydroxyl groups is 1. The minimum absolute atomic E-state index is 0.0215. The third-order valence-electron chi connectivity index (χ3n) is 3.66. The zero-order chi connectivity index (χ0) is 14.7. The Bertz CT molecular complexity index is 655. The third kappa shape index (κ3) is 3.34. The number of phenolic OH excluding ortho intramolecular Hbond substituents is 1. The molecule has 2 aromatic rings. The van der Waals surface area contributed by atoms with E-state index >= 15 is 0 Å². The first kappa shape index (κ1) is 13.5. The summed E-state index contributed by atoms with van der Waals surface area (Å²) in [5.74, 6) is 0.167. The van der Waals surface area contributed by atoms with Crippen LogP contribution in [-0.2, 0) is 17.6 Å². The van der Waals surface area contributed by atoms with Crippen molar-refractivity contribution in [3.63, 3.8) is 0 Å². The van der Waals surface area contributed by atoms with Crippen LogP contribution in [0.15, 0.2) is 48.5 Å². The van der Waals surface area contributed by atoms with Crippen LogP contribution in [0.1, 0.15) is 11.1 Å². The lowest BCUT2D eigenvalue weighted by Crippen LogP contribution is -2.44. The van der Waals surface area contributed by atoms with Gasteiger partial charge in [0.25, 0.3) is 0 Å². The van der Waals surface area contributed by atoms with Gasteiger partial charge in [-0.25, -0.2) is 0 Å². The summed E-state index contributed by atoms with van der Waals surface area (Å²) in [6, 6.07) is 15.1. The number of amides is 1. The first-order chi connectivity index (χ1) is 10.2. The normalized spacial score (nSPS) is 16.7. The number of benzene rings is 2. The van der Waals surface area contributed by atoms with Gasteiger partial charge in [0.2, 0.25) is 5.91 Å². The van der Waals surface area contributed by atoms with Crippen molar-refractivity contribution in [3.05, 3.63) is 59.7 Å². The van der Waals surface area contributed by atoms with Crippen molar-refractivity contribution >= 4 is 11.6 Å². The third-order valence-corrected chi connectivity index (χ3v) is 3.66. The highest BCUT2D eigenvalue weighted by atomic mass is 16.3. The number of fused-ring (bicyclic) bond motifs is 1. The molecule has 21 heavy (non-hydrogen) atoms. The quantitative estimate of drug-likeness (QED) is 0.808. The van der Waals surface area contributed by atoms with Crippen molar-refractivity contribution in [1.82, 2.24) is 5.32 Å². The monoisotopic (exact) mass is 282 g/mol. The number of carbonyl (C=O) groups is 1. The molecule has 0 spiro atoms. The molecule has 4 nitrogen and oxygen atoms in total. The van der Waals surface area contributed by atoms with Gasteiger partial charge in [-0.2, -0.15) is 0 Å². The van der Waals surface area contributed by atoms with E-state index in [4.69, 9.17) is 0 Å². The number of para-hydroxylation sites is 1. The van der Waals surface area contributed by atoms with Crippen molar-refractivity contribution in [2.75, 3.05) is 11.9 Å². The second-order valence-electron chi connectivity index (χ2n) is 5.35. The molecule has 1 unspecified atom stereocenters.